The van der Waals surface area contributed by atoms with Gasteiger partial charge in [-0.3, -0.25) is 4.79 Å². The molecule has 0 saturated heterocycles. The lowest BCUT2D eigenvalue weighted by Crippen LogP contribution is -2.38. The van der Waals surface area contributed by atoms with E-state index in [2.05, 4.69) is 10.3 Å². The number of nitrogens with one attached hydrogen (secondary N) is 1. The Morgan fingerprint density at radius 3 is 2.24 bits per heavy atom. The van der Waals surface area contributed by atoms with Gasteiger partial charge >= 0.3 is 0 Å². The van der Waals surface area contributed by atoms with Crippen LogP contribution in [-0.2, 0) is 20.2 Å². The molecular formula is C30H26N4O3S. The van der Waals surface area contributed by atoms with Crippen molar-refractivity contribution in [3.05, 3.63) is 120 Å². The smallest absolute Gasteiger partial charge is 0.239 e. The predicted octanol–water partition coefficient (Wildman–Crippen LogP) is 5.08. The van der Waals surface area contributed by atoms with Crippen molar-refractivity contribution in [2.24, 2.45) is 5.14 Å². The minimum atomic E-state index is -3.89. The first-order valence-corrected chi connectivity index (χ1v) is 13.5. The summed E-state index contributed by atoms with van der Waals surface area (Å²) in [4.78, 5) is 18.2. The van der Waals surface area contributed by atoms with E-state index in [4.69, 9.17) is 10.9 Å². The number of anilines is 2. The highest BCUT2D eigenvalue weighted by molar-refractivity contribution is 7.89. The van der Waals surface area contributed by atoms with E-state index < -0.39 is 15.4 Å². The van der Waals surface area contributed by atoms with Crippen LogP contribution >= 0.6 is 0 Å². The quantitative estimate of drug-likeness (QED) is 0.287. The Bertz CT molecular complexity index is 1750. The summed E-state index contributed by atoms with van der Waals surface area (Å²) in [5.74, 6) is 0.165. The Labute approximate surface area is 221 Å². The molecule has 0 radical (unpaired) electrons. The van der Waals surface area contributed by atoms with Gasteiger partial charge in [-0.25, -0.2) is 18.5 Å². The van der Waals surface area contributed by atoms with E-state index in [0.29, 0.717) is 22.6 Å². The third-order valence-corrected chi connectivity index (χ3v) is 7.80. The number of nitrogen functional groups attached to an aromatic ring is 1. The number of rotatable bonds is 6. The molecule has 190 valence electrons. The van der Waals surface area contributed by atoms with Crippen molar-refractivity contribution in [2.45, 2.75) is 17.2 Å². The molecule has 0 spiro atoms. The molecule has 8 heteroatoms. The lowest BCUT2D eigenvalue weighted by Gasteiger charge is -2.30. The fourth-order valence-electron chi connectivity index (χ4n) is 4.64. The minimum Gasteiger partial charge on any atom is -0.383 e. The van der Waals surface area contributed by atoms with Crippen molar-refractivity contribution >= 4 is 38.2 Å². The van der Waals surface area contributed by atoms with Gasteiger partial charge in [-0.15, -0.1) is 0 Å². The summed E-state index contributed by atoms with van der Waals surface area (Å²) >= 11 is 0. The molecule has 1 amide bonds. The number of primary sulfonamides is 1. The maximum atomic E-state index is 13.9. The summed E-state index contributed by atoms with van der Waals surface area (Å²) < 4.78 is 24.1. The van der Waals surface area contributed by atoms with Gasteiger partial charge in [0, 0.05) is 22.8 Å². The number of carbonyl (C=O) groups is 1. The van der Waals surface area contributed by atoms with E-state index in [1.807, 2.05) is 61.5 Å². The van der Waals surface area contributed by atoms with Gasteiger partial charge in [0.1, 0.15) is 5.82 Å². The number of hydrogen-bond donors (Lipinski definition) is 3. The van der Waals surface area contributed by atoms with E-state index in [0.717, 1.165) is 21.9 Å². The van der Waals surface area contributed by atoms with Gasteiger partial charge in [0.25, 0.3) is 0 Å². The van der Waals surface area contributed by atoms with E-state index in [-0.39, 0.29) is 10.8 Å². The Morgan fingerprint density at radius 2 is 1.53 bits per heavy atom. The molecule has 38 heavy (non-hydrogen) atoms. The molecule has 5 aromatic rings. The average Bonchev–Trinajstić information content (AvgIpc) is 2.93. The summed E-state index contributed by atoms with van der Waals surface area (Å²) in [6, 6.07) is 30.7. The first-order valence-electron chi connectivity index (χ1n) is 11.9. The van der Waals surface area contributed by atoms with Crippen molar-refractivity contribution in [3.63, 3.8) is 0 Å². The number of hydrogen-bond acceptors (Lipinski definition) is 5. The van der Waals surface area contributed by atoms with Crippen molar-refractivity contribution in [1.82, 2.24) is 4.98 Å². The molecule has 1 unspecified atom stereocenters. The standard InChI is InChI=1S/C30H26N4O3S/c1-30(22-7-3-2-4-8-22,23-14-11-21-17-18-33-28(31)26(21)19-23)29(35)34-24-15-12-20(13-16-24)25-9-5-6-10-27(25)38(32,36)37/h2-19H,1H3,(H2,31,33)(H,34,35)(H2,32,36,37). The summed E-state index contributed by atoms with van der Waals surface area (Å²) in [6.07, 6.45) is 1.66. The maximum absolute atomic E-state index is 13.9. The highest BCUT2D eigenvalue weighted by Gasteiger charge is 2.37. The fraction of sp³-hybridized carbons (Fsp3) is 0.0667. The lowest BCUT2D eigenvalue weighted by molar-refractivity contribution is -0.119. The van der Waals surface area contributed by atoms with E-state index in [1.165, 1.54) is 6.07 Å². The zero-order chi connectivity index (χ0) is 26.9. The van der Waals surface area contributed by atoms with Crippen LogP contribution in [0, 0.1) is 0 Å². The van der Waals surface area contributed by atoms with Crippen molar-refractivity contribution in [3.8, 4) is 11.1 Å². The van der Waals surface area contributed by atoms with Gasteiger partial charge in [-0.1, -0.05) is 72.8 Å². The maximum Gasteiger partial charge on any atom is 0.239 e. The van der Waals surface area contributed by atoms with Crippen LogP contribution in [0.4, 0.5) is 11.5 Å². The molecule has 5 N–H and O–H groups in total. The average molecular weight is 523 g/mol. The second-order valence-electron chi connectivity index (χ2n) is 9.20. The zero-order valence-corrected chi connectivity index (χ0v) is 21.4. The van der Waals surface area contributed by atoms with Gasteiger partial charge in [0.05, 0.1) is 10.3 Å². The molecule has 1 aromatic heterocycles. The molecule has 0 saturated carbocycles. The second-order valence-corrected chi connectivity index (χ2v) is 10.7. The summed E-state index contributed by atoms with van der Waals surface area (Å²) in [6.45, 7) is 1.88. The second kappa shape index (κ2) is 9.74. The Balaban J connectivity index is 1.52. The topological polar surface area (TPSA) is 128 Å². The minimum absolute atomic E-state index is 0.0403. The summed E-state index contributed by atoms with van der Waals surface area (Å²) in [5, 5.41) is 10.1. The molecule has 0 aliphatic rings. The largest absolute Gasteiger partial charge is 0.383 e. The van der Waals surface area contributed by atoms with Crippen molar-refractivity contribution in [2.75, 3.05) is 11.1 Å². The number of benzene rings is 4. The molecule has 1 atom stereocenters. The van der Waals surface area contributed by atoms with Crippen molar-refractivity contribution < 1.29 is 13.2 Å². The SMILES string of the molecule is CC(C(=O)Nc1ccc(-c2ccccc2S(N)(=O)=O)cc1)(c1ccccc1)c1ccc2ccnc(N)c2c1. The zero-order valence-electron chi connectivity index (χ0n) is 20.6. The number of aromatic nitrogens is 1. The molecule has 0 aliphatic carbocycles. The van der Waals surface area contributed by atoms with Crippen LogP contribution in [0.5, 0.6) is 0 Å². The number of pyridine rings is 1. The summed E-state index contributed by atoms with van der Waals surface area (Å²) in [7, 11) is -3.89. The third-order valence-electron chi connectivity index (χ3n) is 6.83. The van der Waals surface area contributed by atoms with Crippen LogP contribution in [0.3, 0.4) is 0 Å². The van der Waals surface area contributed by atoms with Crippen LogP contribution in [0.1, 0.15) is 18.1 Å². The summed E-state index contributed by atoms with van der Waals surface area (Å²) in [5.41, 5.74) is 8.41. The lowest BCUT2D eigenvalue weighted by atomic mass is 9.75. The van der Waals surface area contributed by atoms with Crippen LogP contribution in [0.2, 0.25) is 0 Å². The normalized spacial score (nSPS) is 13.1. The molecule has 5 rings (SSSR count). The highest BCUT2D eigenvalue weighted by Crippen LogP contribution is 2.36. The number of carbonyl (C=O) groups excluding carboxylic acids is 1. The number of amides is 1. The highest BCUT2D eigenvalue weighted by atomic mass is 32.2. The number of fused-ring (bicyclic) bond motifs is 1. The first kappa shape index (κ1) is 25.1. The molecule has 0 fully saturated rings. The molecule has 7 nitrogen and oxygen atoms in total. The Morgan fingerprint density at radius 1 is 0.842 bits per heavy atom. The molecule has 0 aliphatic heterocycles. The van der Waals surface area contributed by atoms with E-state index in [9.17, 15) is 13.2 Å². The van der Waals surface area contributed by atoms with E-state index >= 15 is 0 Å². The predicted molar refractivity (Wildman–Crippen MR) is 151 cm³/mol. The Hall–Kier alpha value is -4.53. The molecular weight excluding hydrogens is 496 g/mol. The van der Waals surface area contributed by atoms with Crippen LogP contribution in [-0.4, -0.2) is 19.3 Å². The number of sulfonamides is 1. The van der Waals surface area contributed by atoms with Crippen LogP contribution in [0.15, 0.2) is 114 Å². The Kier molecular flexibility index (Phi) is 6.44. The molecule has 0 bridgehead atoms. The fourth-order valence-corrected chi connectivity index (χ4v) is 5.41. The van der Waals surface area contributed by atoms with Gasteiger partial charge in [0.15, 0.2) is 0 Å². The van der Waals surface area contributed by atoms with Gasteiger partial charge in [0.2, 0.25) is 15.9 Å². The number of nitrogens with zero attached hydrogens (tertiary/aromatic N) is 1. The van der Waals surface area contributed by atoms with Crippen molar-refractivity contribution in [1.29, 1.82) is 0 Å². The van der Waals surface area contributed by atoms with Gasteiger partial charge in [-0.05, 0) is 59.3 Å². The van der Waals surface area contributed by atoms with Crippen LogP contribution in [0.25, 0.3) is 21.9 Å². The molecule has 4 aromatic carbocycles. The third kappa shape index (κ3) is 4.63. The van der Waals surface area contributed by atoms with Crippen LogP contribution < -0.4 is 16.2 Å². The van der Waals surface area contributed by atoms with Gasteiger partial charge < -0.3 is 11.1 Å². The number of nitrogens with two attached hydrogens (primary N) is 2. The molecule has 1 heterocycles. The van der Waals surface area contributed by atoms with Gasteiger partial charge in [-0.2, -0.15) is 0 Å². The monoisotopic (exact) mass is 522 g/mol. The van der Waals surface area contributed by atoms with E-state index in [1.54, 1.807) is 48.7 Å². The first-order chi connectivity index (χ1) is 18.2.